The predicted molar refractivity (Wildman–Crippen MR) is 33.6 cm³/mol. The van der Waals surface area contributed by atoms with Gasteiger partial charge in [-0.3, -0.25) is 0 Å². The van der Waals surface area contributed by atoms with E-state index in [0.29, 0.717) is 6.61 Å². The summed E-state index contributed by atoms with van der Waals surface area (Å²) in [5, 5.41) is 8.10. The van der Waals surface area contributed by atoms with E-state index in [1.165, 1.54) is 29.7 Å². The number of hydrogen-bond acceptors (Lipinski definition) is 2. The summed E-state index contributed by atoms with van der Waals surface area (Å²) in [5.41, 5.74) is 0. The normalized spacial score (nSPS) is 9.44. The van der Waals surface area contributed by atoms with Crippen LogP contribution >= 0.6 is 0 Å². The van der Waals surface area contributed by atoms with Gasteiger partial charge in [-0.05, 0) is 0 Å². The molecule has 0 heterocycles. The minimum atomic E-state index is -0.886. The van der Waals surface area contributed by atoms with Crippen molar-refractivity contribution in [3.05, 3.63) is 0 Å². The number of carbonyl (C=O) groups is 1. The molecule has 0 saturated heterocycles. The van der Waals surface area contributed by atoms with E-state index in [-0.39, 0.29) is 6.61 Å². The first-order valence-electron chi connectivity index (χ1n) is 2.71. The van der Waals surface area contributed by atoms with Crippen LogP contribution in [0.1, 0.15) is 6.42 Å². The number of carboxylic acids is 1. The average Bonchev–Trinajstić information content (AvgIpc) is 1.80. The van der Waals surface area contributed by atoms with E-state index in [1.807, 2.05) is 0 Å². The molecule has 3 nitrogen and oxygen atoms in total. The second-order valence-corrected chi connectivity index (χ2v) is 3.49. The topological polar surface area (TPSA) is 46.5 Å². The zero-order chi connectivity index (χ0) is 7.11. The second kappa shape index (κ2) is 6.47. The SMILES string of the molecule is O=C(O)COCC[CH2][Pb]. The van der Waals surface area contributed by atoms with Gasteiger partial charge in [0.25, 0.3) is 0 Å². The summed E-state index contributed by atoms with van der Waals surface area (Å²) in [4.78, 5) is 9.85. The molecule has 0 fully saturated rings. The van der Waals surface area contributed by atoms with Crippen LogP contribution in [-0.4, -0.2) is 50.1 Å². The van der Waals surface area contributed by atoms with Gasteiger partial charge in [-0.15, -0.1) is 0 Å². The van der Waals surface area contributed by atoms with Crippen LogP contribution in [0.25, 0.3) is 0 Å². The Kier molecular flexibility index (Phi) is 6.72. The van der Waals surface area contributed by atoms with Crippen LogP contribution in [0.2, 0.25) is 3.98 Å². The van der Waals surface area contributed by atoms with Crippen molar-refractivity contribution >= 4 is 31.7 Å². The fourth-order valence-corrected chi connectivity index (χ4v) is 0.895. The molecule has 0 aromatic carbocycles. The molecule has 1 N–H and O–H groups in total. The van der Waals surface area contributed by atoms with E-state index in [1.54, 1.807) is 0 Å². The molecular formula is C5H9O3Pb. The van der Waals surface area contributed by atoms with Crippen molar-refractivity contribution < 1.29 is 14.6 Å². The number of aliphatic carboxylic acids is 1. The Balaban J connectivity index is 2.83. The van der Waals surface area contributed by atoms with Gasteiger partial charge < -0.3 is 0 Å². The fourth-order valence-electron chi connectivity index (χ4n) is 0.334. The molecule has 0 bridgehead atoms. The van der Waals surface area contributed by atoms with Gasteiger partial charge in [-0.1, -0.05) is 0 Å². The molecule has 4 heteroatoms. The first kappa shape index (κ1) is 9.35. The van der Waals surface area contributed by atoms with Crippen molar-refractivity contribution in [2.24, 2.45) is 0 Å². The number of ether oxygens (including phenoxy) is 1. The third-order valence-corrected chi connectivity index (χ3v) is 2.07. The Hall–Kier alpha value is 0.352. The average molecular weight is 324 g/mol. The molecule has 9 heavy (non-hydrogen) atoms. The van der Waals surface area contributed by atoms with Crippen LogP contribution in [0.15, 0.2) is 0 Å². The van der Waals surface area contributed by atoms with Crippen molar-refractivity contribution in [1.82, 2.24) is 0 Å². The molecule has 0 amide bonds. The maximum absolute atomic E-state index is 9.85. The molecule has 0 aliphatic rings. The summed E-state index contributed by atoms with van der Waals surface area (Å²) in [6, 6.07) is 0. The van der Waals surface area contributed by atoms with E-state index < -0.39 is 5.97 Å². The molecule has 0 aliphatic carbocycles. The fraction of sp³-hybridized carbons (Fsp3) is 0.800. The molecule has 3 radical (unpaired) electrons. The summed E-state index contributed by atoms with van der Waals surface area (Å²) >= 11 is 1.17. The van der Waals surface area contributed by atoms with Crippen LogP contribution in [-0.2, 0) is 9.53 Å². The van der Waals surface area contributed by atoms with Gasteiger partial charge in [0.05, 0.1) is 0 Å². The van der Waals surface area contributed by atoms with Crippen molar-refractivity contribution in [2.45, 2.75) is 10.4 Å². The third-order valence-electron chi connectivity index (χ3n) is 0.691. The van der Waals surface area contributed by atoms with Gasteiger partial charge in [-0.25, -0.2) is 0 Å². The van der Waals surface area contributed by atoms with E-state index in [2.05, 4.69) is 0 Å². The van der Waals surface area contributed by atoms with E-state index in [0.717, 1.165) is 6.42 Å². The number of carboxylic acid groups (broad SMARTS) is 1. The van der Waals surface area contributed by atoms with Crippen molar-refractivity contribution in [3.8, 4) is 0 Å². The van der Waals surface area contributed by atoms with Crippen LogP contribution in [0.3, 0.4) is 0 Å². The van der Waals surface area contributed by atoms with E-state index >= 15 is 0 Å². The Morgan fingerprint density at radius 1 is 1.67 bits per heavy atom. The molecular weight excluding hydrogens is 315 g/mol. The van der Waals surface area contributed by atoms with Gasteiger partial charge in [0.2, 0.25) is 0 Å². The van der Waals surface area contributed by atoms with Gasteiger partial charge in [0, 0.05) is 0 Å². The molecule has 0 rings (SSSR count). The minimum absolute atomic E-state index is 0.151. The van der Waals surface area contributed by atoms with Gasteiger partial charge in [0.15, 0.2) is 0 Å². The Labute approximate surface area is 70.1 Å². The molecule has 51 valence electrons. The Morgan fingerprint density at radius 2 is 2.33 bits per heavy atom. The quantitative estimate of drug-likeness (QED) is 0.575. The van der Waals surface area contributed by atoms with Gasteiger partial charge >= 0.3 is 70.0 Å². The van der Waals surface area contributed by atoms with Crippen molar-refractivity contribution in [3.63, 3.8) is 0 Å². The van der Waals surface area contributed by atoms with Crippen molar-refractivity contribution in [1.29, 1.82) is 0 Å². The number of rotatable bonds is 5. The van der Waals surface area contributed by atoms with Crippen LogP contribution in [0.4, 0.5) is 0 Å². The van der Waals surface area contributed by atoms with Gasteiger partial charge in [-0.2, -0.15) is 0 Å². The Bertz CT molecular complexity index is 84.3. The summed E-state index contributed by atoms with van der Waals surface area (Å²) < 4.78 is 5.94. The van der Waals surface area contributed by atoms with E-state index in [4.69, 9.17) is 9.84 Å². The van der Waals surface area contributed by atoms with Crippen LogP contribution < -0.4 is 0 Å². The summed E-state index contributed by atoms with van der Waals surface area (Å²) in [7, 11) is 0. The summed E-state index contributed by atoms with van der Waals surface area (Å²) in [5.74, 6) is -0.886. The first-order valence-corrected chi connectivity index (χ1v) is 5.46. The molecule has 0 atom stereocenters. The van der Waals surface area contributed by atoms with Crippen molar-refractivity contribution in [2.75, 3.05) is 13.2 Å². The van der Waals surface area contributed by atoms with Gasteiger partial charge in [0.1, 0.15) is 0 Å². The summed E-state index contributed by atoms with van der Waals surface area (Å²) in [6.07, 6.45) is 1.000. The maximum atomic E-state index is 9.85. The molecule has 0 aliphatic heterocycles. The summed E-state index contributed by atoms with van der Waals surface area (Å²) in [6.45, 7) is 0.442. The standard InChI is InChI=1S/C5H9O3.Pb/c1-2-3-8-4-5(6)7;/h1-4H2,(H,6,7);. The molecule has 0 aromatic rings. The molecule has 0 spiro atoms. The zero-order valence-corrected chi connectivity index (χ0v) is 8.98. The predicted octanol–water partition coefficient (Wildman–Crippen LogP) is 0.0645. The second-order valence-electron chi connectivity index (χ2n) is 1.55. The molecule has 0 unspecified atom stereocenters. The van der Waals surface area contributed by atoms with Crippen LogP contribution in [0, 0.1) is 0 Å². The molecule has 0 saturated carbocycles. The first-order chi connectivity index (χ1) is 4.27. The third kappa shape index (κ3) is 8.35. The van der Waals surface area contributed by atoms with E-state index in [9.17, 15) is 4.79 Å². The zero-order valence-electron chi connectivity index (χ0n) is 5.09. The number of hydrogen-bond donors (Lipinski definition) is 1. The Morgan fingerprint density at radius 3 is 2.78 bits per heavy atom. The van der Waals surface area contributed by atoms with Crippen LogP contribution in [0.5, 0.6) is 0 Å². The molecule has 0 aromatic heterocycles. The monoisotopic (exact) mass is 325 g/mol.